The van der Waals surface area contributed by atoms with Crippen molar-refractivity contribution in [2.24, 2.45) is 0 Å². The number of esters is 1. The SMILES string of the molecule is CC(C)OC(=O)CC(C)(C)Oc1ccc(Br)cc1. The minimum atomic E-state index is -0.584. The van der Waals surface area contributed by atoms with Gasteiger partial charge in [0, 0.05) is 4.47 Å². The van der Waals surface area contributed by atoms with E-state index in [0.717, 1.165) is 10.2 Å². The Morgan fingerprint density at radius 1 is 1.28 bits per heavy atom. The smallest absolute Gasteiger partial charge is 0.310 e. The summed E-state index contributed by atoms with van der Waals surface area (Å²) in [6.45, 7) is 7.41. The first kappa shape index (κ1) is 15.0. The van der Waals surface area contributed by atoms with Crippen molar-refractivity contribution in [1.82, 2.24) is 0 Å². The van der Waals surface area contributed by atoms with E-state index in [-0.39, 0.29) is 18.5 Å². The molecular weight excluding hydrogens is 296 g/mol. The molecule has 1 aromatic carbocycles. The lowest BCUT2D eigenvalue weighted by molar-refractivity contribution is -0.151. The van der Waals surface area contributed by atoms with Gasteiger partial charge >= 0.3 is 5.97 Å². The van der Waals surface area contributed by atoms with Crippen LogP contribution in [-0.2, 0) is 9.53 Å². The number of benzene rings is 1. The van der Waals surface area contributed by atoms with Crippen LogP contribution in [0.5, 0.6) is 5.75 Å². The Hall–Kier alpha value is -1.03. The van der Waals surface area contributed by atoms with Crippen LogP contribution in [0.25, 0.3) is 0 Å². The number of ether oxygens (including phenoxy) is 2. The maximum atomic E-state index is 11.6. The molecule has 0 atom stereocenters. The normalized spacial score (nSPS) is 11.4. The fraction of sp³-hybridized carbons (Fsp3) is 0.500. The van der Waals surface area contributed by atoms with Crippen molar-refractivity contribution in [3.05, 3.63) is 28.7 Å². The summed E-state index contributed by atoms with van der Waals surface area (Å²) in [6.07, 6.45) is 0.127. The van der Waals surface area contributed by atoms with Gasteiger partial charge in [0.2, 0.25) is 0 Å². The molecule has 0 radical (unpaired) electrons. The van der Waals surface area contributed by atoms with Gasteiger partial charge in [0.15, 0.2) is 0 Å². The molecule has 3 nitrogen and oxygen atoms in total. The Bertz CT molecular complexity index is 396. The van der Waals surface area contributed by atoms with Crippen molar-refractivity contribution in [2.45, 2.75) is 45.8 Å². The molecule has 0 spiro atoms. The maximum Gasteiger partial charge on any atom is 0.310 e. The van der Waals surface area contributed by atoms with E-state index in [2.05, 4.69) is 15.9 Å². The third-order valence-electron chi connectivity index (χ3n) is 2.14. The maximum absolute atomic E-state index is 11.6. The molecule has 1 aromatic rings. The van der Waals surface area contributed by atoms with Crippen LogP contribution in [0.2, 0.25) is 0 Å². The van der Waals surface area contributed by atoms with Gasteiger partial charge in [-0.2, -0.15) is 0 Å². The Kier molecular flexibility index (Phi) is 5.20. The van der Waals surface area contributed by atoms with Gasteiger partial charge in [-0.05, 0) is 52.0 Å². The second-order valence-electron chi connectivity index (χ2n) is 5.03. The van der Waals surface area contributed by atoms with Crippen LogP contribution in [0.1, 0.15) is 34.1 Å². The highest BCUT2D eigenvalue weighted by Crippen LogP contribution is 2.23. The summed E-state index contributed by atoms with van der Waals surface area (Å²) in [7, 11) is 0. The van der Waals surface area contributed by atoms with E-state index in [9.17, 15) is 4.79 Å². The molecule has 0 saturated heterocycles. The van der Waals surface area contributed by atoms with Crippen LogP contribution < -0.4 is 4.74 Å². The Morgan fingerprint density at radius 2 is 1.83 bits per heavy atom. The predicted molar refractivity (Wildman–Crippen MR) is 74.7 cm³/mol. The molecule has 4 heteroatoms. The van der Waals surface area contributed by atoms with E-state index in [0.29, 0.717) is 0 Å². The minimum absolute atomic E-state index is 0.0963. The van der Waals surface area contributed by atoms with Crippen LogP contribution in [0, 0.1) is 0 Å². The van der Waals surface area contributed by atoms with Crippen LogP contribution in [0.4, 0.5) is 0 Å². The Labute approximate surface area is 117 Å². The molecule has 0 amide bonds. The summed E-state index contributed by atoms with van der Waals surface area (Å²) < 4.78 is 11.9. The molecule has 0 aliphatic carbocycles. The Morgan fingerprint density at radius 3 is 2.33 bits per heavy atom. The van der Waals surface area contributed by atoms with Gasteiger partial charge in [-0.3, -0.25) is 4.79 Å². The van der Waals surface area contributed by atoms with Crippen LogP contribution in [0.3, 0.4) is 0 Å². The van der Waals surface area contributed by atoms with E-state index >= 15 is 0 Å². The average molecular weight is 315 g/mol. The summed E-state index contributed by atoms with van der Waals surface area (Å²) in [5.41, 5.74) is -0.584. The lowest BCUT2D eigenvalue weighted by Crippen LogP contribution is -2.32. The lowest BCUT2D eigenvalue weighted by Gasteiger charge is -2.26. The zero-order valence-electron chi connectivity index (χ0n) is 11.2. The third-order valence-corrected chi connectivity index (χ3v) is 2.67. The Balaban J connectivity index is 2.58. The van der Waals surface area contributed by atoms with Crippen molar-refractivity contribution in [2.75, 3.05) is 0 Å². The number of hydrogen-bond donors (Lipinski definition) is 0. The topological polar surface area (TPSA) is 35.5 Å². The molecule has 0 bridgehead atoms. The van der Waals surface area contributed by atoms with E-state index in [1.54, 1.807) is 0 Å². The predicted octanol–water partition coefficient (Wildman–Crippen LogP) is 3.95. The molecule has 0 unspecified atom stereocenters. The standard InChI is InChI=1S/C14H19BrO3/c1-10(2)17-13(16)9-14(3,4)18-12-7-5-11(15)6-8-12/h5-8,10H,9H2,1-4H3. The van der Waals surface area contributed by atoms with E-state index in [1.807, 2.05) is 52.0 Å². The fourth-order valence-electron chi connectivity index (χ4n) is 1.51. The average Bonchev–Trinajstić information content (AvgIpc) is 2.18. The van der Waals surface area contributed by atoms with Crippen LogP contribution in [-0.4, -0.2) is 17.7 Å². The van der Waals surface area contributed by atoms with Crippen molar-refractivity contribution in [1.29, 1.82) is 0 Å². The fourth-order valence-corrected chi connectivity index (χ4v) is 1.77. The van der Waals surface area contributed by atoms with E-state index in [1.165, 1.54) is 0 Å². The second-order valence-corrected chi connectivity index (χ2v) is 5.95. The van der Waals surface area contributed by atoms with Gasteiger partial charge in [0.25, 0.3) is 0 Å². The summed E-state index contributed by atoms with van der Waals surface area (Å²) in [4.78, 5) is 11.6. The molecule has 0 fully saturated rings. The molecular formula is C14H19BrO3. The molecule has 1 rings (SSSR count). The van der Waals surface area contributed by atoms with Crippen molar-refractivity contribution in [3.8, 4) is 5.75 Å². The van der Waals surface area contributed by atoms with Gasteiger partial charge in [0.1, 0.15) is 11.4 Å². The highest BCUT2D eigenvalue weighted by molar-refractivity contribution is 9.10. The van der Waals surface area contributed by atoms with Gasteiger partial charge in [-0.1, -0.05) is 15.9 Å². The summed E-state index contributed by atoms with van der Waals surface area (Å²) >= 11 is 3.36. The number of carbonyl (C=O) groups is 1. The first-order chi connectivity index (χ1) is 8.28. The summed E-state index contributed by atoms with van der Waals surface area (Å²) in [5.74, 6) is 0.493. The number of rotatable bonds is 5. The van der Waals surface area contributed by atoms with Crippen molar-refractivity contribution < 1.29 is 14.3 Å². The highest BCUT2D eigenvalue weighted by atomic mass is 79.9. The largest absolute Gasteiger partial charge is 0.487 e. The van der Waals surface area contributed by atoms with Crippen LogP contribution in [0.15, 0.2) is 28.7 Å². The number of halogens is 1. The molecule has 100 valence electrons. The molecule has 0 aliphatic rings. The third kappa shape index (κ3) is 5.54. The molecule has 0 aromatic heterocycles. The van der Waals surface area contributed by atoms with Crippen molar-refractivity contribution >= 4 is 21.9 Å². The molecule has 0 heterocycles. The molecule has 18 heavy (non-hydrogen) atoms. The zero-order valence-corrected chi connectivity index (χ0v) is 12.8. The van der Waals surface area contributed by atoms with Gasteiger partial charge in [0.05, 0.1) is 12.5 Å². The lowest BCUT2D eigenvalue weighted by atomic mass is 10.1. The first-order valence-electron chi connectivity index (χ1n) is 5.92. The van der Waals surface area contributed by atoms with Gasteiger partial charge in [-0.15, -0.1) is 0 Å². The summed E-state index contributed by atoms with van der Waals surface area (Å²) in [6, 6.07) is 7.52. The van der Waals surface area contributed by atoms with Crippen LogP contribution >= 0.6 is 15.9 Å². The molecule has 0 saturated carbocycles. The monoisotopic (exact) mass is 314 g/mol. The van der Waals surface area contributed by atoms with Crippen molar-refractivity contribution in [3.63, 3.8) is 0 Å². The van der Waals surface area contributed by atoms with E-state index in [4.69, 9.17) is 9.47 Å². The summed E-state index contributed by atoms with van der Waals surface area (Å²) in [5, 5.41) is 0. The number of hydrogen-bond acceptors (Lipinski definition) is 3. The molecule has 0 aliphatic heterocycles. The first-order valence-corrected chi connectivity index (χ1v) is 6.72. The van der Waals surface area contributed by atoms with Gasteiger partial charge in [-0.25, -0.2) is 0 Å². The molecule has 0 N–H and O–H groups in total. The highest BCUT2D eigenvalue weighted by Gasteiger charge is 2.25. The number of carbonyl (C=O) groups excluding carboxylic acids is 1. The minimum Gasteiger partial charge on any atom is -0.487 e. The van der Waals surface area contributed by atoms with Gasteiger partial charge < -0.3 is 9.47 Å². The quantitative estimate of drug-likeness (QED) is 0.772. The van der Waals surface area contributed by atoms with E-state index < -0.39 is 5.60 Å². The zero-order chi connectivity index (χ0) is 13.8. The second kappa shape index (κ2) is 6.23.